The van der Waals surface area contributed by atoms with E-state index in [9.17, 15) is 14.4 Å². The smallest absolute Gasteiger partial charge is 0.410 e. The van der Waals surface area contributed by atoms with Crippen molar-refractivity contribution in [2.45, 2.75) is 77.2 Å². The number of amides is 3. The molecule has 15 nitrogen and oxygen atoms in total. The molecule has 2 aromatic rings. The van der Waals surface area contributed by atoms with Gasteiger partial charge in [-0.2, -0.15) is 0 Å². The fraction of sp³-hybridized carbons (Fsp3) is 0.514. The lowest BCUT2D eigenvalue weighted by molar-refractivity contribution is -0.138. The molecule has 0 spiro atoms. The number of hydrogen-bond acceptors (Lipinski definition) is 12. The maximum atomic E-state index is 12.7. The second-order valence-corrected chi connectivity index (χ2v) is 13.3. The van der Waals surface area contributed by atoms with Gasteiger partial charge in [-0.05, 0) is 76.9 Å². The van der Waals surface area contributed by atoms with Crippen LogP contribution in [0.15, 0.2) is 42.5 Å². The summed E-state index contributed by atoms with van der Waals surface area (Å²) in [7, 11) is 0. The standard InChI is InChI=1S/C35H45N3O12/c1-33(2)42-19-27(48-33)16-36-30(39)45-24-11-9-22(10-12-24)7-8-23-13-25(46-31(40)37-17-28-20-43-34(3,4)49-28)15-26(14-23)47-32(41)38-18-29-21-44-35(5,6)50-29/h7-15,27-29H,16-21H2,1-6H3,(H,36,39)(H,37,40)(H,38,41)/b8-7+. The first-order valence-electron chi connectivity index (χ1n) is 16.4. The Balaban J connectivity index is 1.19. The van der Waals surface area contributed by atoms with E-state index in [4.69, 9.17) is 42.6 Å². The van der Waals surface area contributed by atoms with Gasteiger partial charge in [0, 0.05) is 25.7 Å². The molecule has 3 atom stereocenters. The Labute approximate surface area is 290 Å². The summed E-state index contributed by atoms with van der Waals surface area (Å²) in [5.41, 5.74) is 1.35. The predicted molar refractivity (Wildman–Crippen MR) is 179 cm³/mol. The van der Waals surface area contributed by atoms with Gasteiger partial charge in [0.1, 0.15) is 35.6 Å². The van der Waals surface area contributed by atoms with Crippen LogP contribution in [0.2, 0.25) is 0 Å². The molecular formula is C35H45N3O12. The van der Waals surface area contributed by atoms with E-state index in [0.29, 0.717) is 31.1 Å². The number of hydrogen-bond donors (Lipinski definition) is 3. The van der Waals surface area contributed by atoms with E-state index >= 15 is 0 Å². The number of ether oxygens (including phenoxy) is 9. The molecule has 0 saturated carbocycles. The lowest BCUT2D eigenvalue weighted by Crippen LogP contribution is -2.36. The molecular weight excluding hydrogens is 654 g/mol. The second kappa shape index (κ2) is 15.7. The minimum Gasteiger partial charge on any atom is -0.410 e. The average molecular weight is 700 g/mol. The quantitative estimate of drug-likeness (QED) is 0.280. The molecule has 272 valence electrons. The summed E-state index contributed by atoms with van der Waals surface area (Å²) in [6.45, 7) is 12.5. The highest BCUT2D eigenvalue weighted by atomic mass is 16.8. The average Bonchev–Trinajstić information content (AvgIpc) is 3.71. The minimum atomic E-state index is -0.725. The third-order valence-corrected chi connectivity index (χ3v) is 7.51. The first kappa shape index (κ1) is 37.0. The van der Waals surface area contributed by atoms with Crippen LogP contribution in [0.4, 0.5) is 14.4 Å². The summed E-state index contributed by atoms with van der Waals surface area (Å²) >= 11 is 0. The molecule has 50 heavy (non-hydrogen) atoms. The van der Waals surface area contributed by atoms with Crippen LogP contribution in [0.5, 0.6) is 17.2 Å². The molecule has 3 fully saturated rings. The number of nitrogens with one attached hydrogen (secondary N) is 3. The lowest BCUT2D eigenvalue weighted by atomic mass is 10.1. The van der Waals surface area contributed by atoms with Gasteiger partial charge < -0.3 is 58.6 Å². The number of rotatable bonds is 11. The largest absolute Gasteiger partial charge is 0.412 e. The highest BCUT2D eigenvalue weighted by Gasteiger charge is 2.34. The van der Waals surface area contributed by atoms with Crippen LogP contribution in [-0.2, 0) is 28.4 Å². The molecule has 5 rings (SSSR count). The van der Waals surface area contributed by atoms with E-state index in [0.717, 1.165) is 5.56 Å². The minimum absolute atomic E-state index is 0.138. The molecule has 0 aromatic heterocycles. The van der Waals surface area contributed by atoms with Gasteiger partial charge in [-0.15, -0.1) is 0 Å². The number of benzene rings is 2. The summed E-state index contributed by atoms with van der Waals surface area (Å²) in [5, 5.41) is 8.01. The predicted octanol–water partition coefficient (Wildman–Crippen LogP) is 4.58. The molecule has 3 aliphatic heterocycles. The molecule has 0 radical (unpaired) electrons. The lowest BCUT2D eigenvalue weighted by Gasteiger charge is -2.17. The van der Waals surface area contributed by atoms with Crippen molar-refractivity contribution in [3.8, 4) is 17.2 Å². The molecule has 3 saturated heterocycles. The summed E-state index contributed by atoms with van der Waals surface area (Å²) in [6.07, 6.45) is 0.592. The van der Waals surface area contributed by atoms with E-state index in [1.165, 1.54) is 6.07 Å². The zero-order chi connectivity index (χ0) is 35.9. The summed E-state index contributed by atoms with van der Waals surface area (Å²) in [5.74, 6) is -1.50. The van der Waals surface area contributed by atoms with E-state index in [1.807, 2.05) is 13.8 Å². The van der Waals surface area contributed by atoms with E-state index in [1.54, 1.807) is 76.2 Å². The van der Waals surface area contributed by atoms with Crippen LogP contribution in [0, 0.1) is 0 Å². The Morgan fingerprint density at radius 3 is 1.30 bits per heavy atom. The van der Waals surface area contributed by atoms with Crippen molar-refractivity contribution in [1.29, 1.82) is 0 Å². The Morgan fingerprint density at radius 1 is 0.580 bits per heavy atom. The monoisotopic (exact) mass is 699 g/mol. The Kier molecular flexibility index (Phi) is 11.7. The summed E-state index contributed by atoms with van der Waals surface area (Å²) < 4.78 is 50.1. The van der Waals surface area contributed by atoms with E-state index in [-0.39, 0.29) is 49.4 Å². The third kappa shape index (κ3) is 11.7. The molecule has 15 heteroatoms. The molecule has 3 amide bonds. The van der Waals surface area contributed by atoms with Gasteiger partial charge in [-0.3, -0.25) is 0 Å². The Hall–Kier alpha value is -4.25. The molecule has 0 aliphatic carbocycles. The van der Waals surface area contributed by atoms with E-state index < -0.39 is 35.6 Å². The second-order valence-electron chi connectivity index (χ2n) is 13.3. The van der Waals surface area contributed by atoms with Crippen molar-refractivity contribution in [1.82, 2.24) is 16.0 Å². The van der Waals surface area contributed by atoms with E-state index in [2.05, 4.69) is 16.0 Å². The molecule has 3 heterocycles. The SMILES string of the molecule is CC1(C)OCC(CNC(=O)Oc2ccc(/C=C/c3cc(OC(=O)NCC4COC(C)(C)O4)cc(OC(=O)NCC4COC(C)(C)O4)c3)cc2)O1. The fourth-order valence-corrected chi connectivity index (χ4v) is 5.26. The third-order valence-electron chi connectivity index (χ3n) is 7.51. The Morgan fingerprint density at radius 2 is 0.940 bits per heavy atom. The van der Waals surface area contributed by atoms with Crippen LogP contribution in [0.25, 0.3) is 12.2 Å². The first-order chi connectivity index (χ1) is 23.6. The first-order valence-corrected chi connectivity index (χ1v) is 16.4. The maximum Gasteiger partial charge on any atom is 0.412 e. The van der Waals surface area contributed by atoms with Crippen LogP contribution in [0.1, 0.15) is 52.7 Å². The van der Waals surface area contributed by atoms with Gasteiger partial charge in [0.2, 0.25) is 0 Å². The highest BCUT2D eigenvalue weighted by Crippen LogP contribution is 2.27. The fourth-order valence-electron chi connectivity index (χ4n) is 5.26. The highest BCUT2D eigenvalue weighted by molar-refractivity contribution is 5.76. The molecule has 0 bridgehead atoms. The summed E-state index contributed by atoms with van der Waals surface area (Å²) in [4.78, 5) is 37.6. The Bertz CT molecular complexity index is 1480. The zero-order valence-corrected chi connectivity index (χ0v) is 29.1. The van der Waals surface area contributed by atoms with Crippen LogP contribution in [0.3, 0.4) is 0 Å². The molecule has 2 aromatic carbocycles. The van der Waals surface area contributed by atoms with Gasteiger partial charge in [0.05, 0.1) is 19.8 Å². The van der Waals surface area contributed by atoms with Crippen molar-refractivity contribution in [3.63, 3.8) is 0 Å². The van der Waals surface area contributed by atoms with Crippen molar-refractivity contribution < 1.29 is 57.0 Å². The van der Waals surface area contributed by atoms with Gasteiger partial charge in [0.15, 0.2) is 17.4 Å². The molecule has 3 unspecified atom stereocenters. The normalized spacial score (nSPS) is 23.4. The summed E-state index contributed by atoms with van der Waals surface area (Å²) in [6, 6.07) is 11.5. The zero-order valence-electron chi connectivity index (χ0n) is 29.1. The van der Waals surface area contributed by atoms with Crippen molar-refractivity contribution in [2.24, 2.45) is 0 Å². The van der Waals surface area contributed by atoms with Crippen LogP contribution >= 0.6 is 0 Å². The van der Waals surface area contributed by atoms with Crippen molar-refractivity contribution in [3.05, 3.63) is 53.6 Å². The number of carbonyl (C=O) groups is 3. The van der Waals surface area contributed by atoms with Gasteiger partial charge >= 0.3 is 18.3 Å². The van der Waals surface area contributed by atoms with Crippen LogP contribution in [-0.4, -0.2) is 93.4 Å². The number of carbonyl (C=O) groups excluding carboxylic acids is 3. The molecule has 3 aliphatic rings. The maximum absolute atomic E-state index is 12.7. The molecule has 3 N–H and O–H groups in total. The van der Waals surface area contributed by atoms with Crippen molar-refractivity contribution in [2.75, 3.05) is 39.5 Å². The van der Waals surface area contributed by atoms with Gasteiger partial charge in [0.25, 0.3) is 0 Å². The van der Waals surface area contributed by atoms with Crippen molar-refractivity contribution >= 4 is 30.4 Å². The van der Waals surface area contributed by atoms with Gasteiger partial charge in [-0.25, -0.2) is 14.4 Å². The van der Waals surface area contributed by atoms with Crippen LogP contribution < -0.4 is 30.2 Å². The topological polar surface area (TPSA) is 170 Å². The van der Waals surface area contributed by atoms with Gasteiger partial charge in [-0.1, -0.05) is 24.3 Å².